The smallest absolute Gasteiger partial charge is 0.327 e. The molecule has 0 aliphatic heterocycles. The van der Waals surface area contributed by atoms with Gasteiger partial charge in [-0.05, 0) is 59.4 Å². The Balaban J connectivity index is 1.08. The van der Waals surface area contributed by atoms with Gasteiger partial charge < -0.3 is 84.2 Å². The zero-order valence-corrected chi connectivity index (χ0v) is 55.3. The zero-order valence-electron chi connectivity index (χ0n) is 53.6. The molecule has 1 aliphatic rings. The molecule has 6 rings (SSSR count). The molecular formula is C63H72N14O22S2. The van der Waals surface area contributed by atoms with E-state index in [0.717, 1.165) is 22.3 Å². The van der Waals surface area contributed by atoms with Gasteiger partial charge in [-0.15, -0.1) is 0 Å². The Labute approximate surface area is 581 Å². The Morgan fingerprint density at radius 2 is 1.09 bits per heavy atom. The van der Waals surface area contributed by atoms with E-state index in [-0.39, 0.29) is 53.7 Å². The van der Waals surface area contributed by atoms with Gasteiger partial charge >= 0.3 is 35.8 Å². The number of aromatic amines is 1. The minimum atomic E-state index is -2.25. The highest BCUT2D eigenvalue weighted by Crippen LogP contribution is 2.45. The Bertz CT molecular complexity index is 4000. The van der Waals surface area contributed by atoms with Crippen molar-refractivity contribution in [3.63, 3.8) is 0 Å². The number of carboxylic acid groups (broad SMARTS) is 6. The lowest BCUT2D eigenvalue weighted by Gasteiger charge is -2.26. The summed E-state index contributed by atoms with van der Waals surface area (Å²) in [5.41, 5.74) is 10.0. The molecule has 0 fully saturated rings. The van der Waals surface area contributed by atoms with Crippen LogP contribution in [0.5, 0.6) is 0 Å². The molecule has 36 nitrogen and oxygen atoms in total. The summed E-state index contributed by atoms with van der Waals surface area (Å²) in [5.74, 6) is -22.4. The highest BCUT2D eigenvalue weighted by atomic mass is 32.2. The summed E-state index contributed by atoms with van der Waals surface area (Å²) in [5, 5.41) is 78.8. The van der Waals surface area contributed by atoms with Crippen molar-refractivity contribution < 1.29 is 103 Å². The van der Waals surface area contributed by atoms with Crippen LogP contribution in [0.4, 0.5) is 11.6 Å². The molecule has 38 heteroatoms. The molecule has 0 saturated heterocycles. The number of aromatic nitrogens is 4. The second-order valence-corrected chi connectivity index (χ2v) is 24.3. The Morgan fingerprint density at radius 1 is 0.574 bits per heavy atom. The van der Waals surface area contributed by atoms with Crippen molar-refractivity contribution in [3.8, 4) is 11.1 Å². The largest absolute Gasteiger partial charge is 0.481 e. The van der Waals surface area contributed by atoms with Gasteiger partial charge in [0.25, 0.3) is 11.5 Å². The number of fused-ring (bicyclic) bond motifs is 4. The number of nitrogens with zero attached hydrogens (tertiary/aromatic N) is 3. The van der Waals surface area contributed by atoms with E-state index in [9.17, 15) is 107 Å². The summed E-state index contributed by atoms with van der Waals surface area (Å²) in [6.45, 7) is 0.571. The molecule has 8 atom stereocenters. The number of rotatable bonds is 41. The van der Waals surface area contributed by atoms with E-state index in [0.29, 0.717) is 17.1 Å². The number of H-pyrrole nitrogens is 1. The molecule has 0 saturated carbocycles. The van der Waals surface area contributed by atoms with Gasteiger partial charge in [0.2, 0.25) is 47.3 Å². The fraction of sp³-hybridized carbons (Fsp3) is 0.381. The number of Topliss-reactive ketones (excluding diaryl/α,β-unsaturated/α-hetero) is 1. The first kappa shape index (κ1) is 78.4. The van der Waals surface area contributed by atoms with E-state index in [4.69, 9.17) is 5.73 Å². The van der Waals surface area contributed by atoms with Crippen LogP contribution in [-0.2, 0) is 73.7 Å². The van der Waals surface area contributed by atoms with Crippen molar-refractivity contribution in [2.24, 2.45) is 5.92 Å². The fourth-order valence-corrected chi connectivity index (χ4v) is 11.6. The number of anilines is 2. The quantitative estimate of drug-likeness (QED) is 0.0160. The molecule has 18 N–H and O–H groups in total. The molecule has 101 heavy (non-hydrogen) atoms. The SMILES string of the molecule is CC[C@H](NC(=O)[C@H](CC(=O)O)NC(=O)CC[C@H](NC(=O)c1ccc(NCc2cnc3nc(N)[nH]c(=O)c3n2)cc1)C(=O)O)C(=O)N[C@@H](CC(=O)O)C(=O)N[C@@H](CC(=O)O)C(=O)N[C@@H](CNC(=O)CCSCC1c2ccccc2-c2ccccc21)C(=O)C[C@@H](CC(=O)O)C(=O)N[C@@H](CS)C(=O)O. The van der Waals surface area contributed by atoms with Gasteiger partial charge in [0.05, 0.1) is 50.0 Å². The van der Waals surface area contributed by atoms with Gasteiger partial charge in [-0.3, -0.25) is 72.1 Å². The summed E-state index contributed by atoms with van der Waals surface area (Å²) >= 11 is 5.31. The second-order valence-electron chi connectivity index (χ2n) is 22.8. The van der Waals surface area contributed by atoms with Crippen LogP contribution in [0.1, 0.15) is 97.8 Å². The molecule has 2 aromatic heterocycles. The number of carbonyl (C=O) groups excluding carboxylic acids is 9. The number of thiol groups is 1. The summed E-state index contributed by atoms with van der Waals surface area (Å²) in [6.07, 6.45) is -6.36. The molecule has 0 spiro atoms. The number of hydrogen-bond donors (Lipinski definition) is 18. The number of carboxylic acids is 6. The van der Waals surface area contributed by atoms with Crippen LogP contribution in [0.3, 0.4) is 0 Å². The van der Waals surface area contributed by atoms with E-state index in [1.807, 2.05) is 53.8 Å². The van der Waals surface area contributed by atoms with Crippen LogP contribution in [0.2, 0.25) is 0 Å². The third-order valence-corrected chi connectivity index (χ3v) is 16.9. The molecule has 2 heterocycles. The van der Waals surface area contributed by atoms with Gasteiger partial charge in [-0.25, -0.2) is 19.6 Å². The number of benzene rings is 3. The predicted molar refractivity (Wildman–Crippen MR) is 358 cm³/mol. The number of nitrogen functional groups attached to an aromatic ring is 1. The summed E-state index contributed by atoms with van der Waals surface area (Å²) in [7, 11) is 0. The number of aliphatic carboxylic acids is 6. The number of ketones is 1. The molecule has 3 aromatic carbocycles. The molecule has 0 radical (unpaired) electrons. The number of nitrogens with two attached hydrogens (primary N) is 1. The molecule has 1 aliphatic carbocycles. The van der Waals surface area contributed by atoms with Gasteiger partial charge in [-0.2, -0.15) is 29.4 Å². The number of thioether (sulfide) groups is 1. The number of amides is 8. The van der Waals surface area contributed by atoms with E-state index in [1.54, 1.807) is 0 Å². The van der Waals surface area contributed by atoms with Crippen LogP contribution < -0.4 is 59.1 Å². The maximum atomic E-state index is 14.1. The third-order valence-electron chi connectivity index (χ3n) is 15.4. The maximum absolute atomic E-state index is 14.1. The molecular weight excluding hydrogens is 1370 g/mol. The van der Waals surface area contributed by atoms with Crippen molar-refractivity contribution in [3.05, 3.63) is 112 Å². The van der Waals surface area contributed by atoms with Gasteiger partial charge in [0.15, 0.2) is 16.9 Å². The number of hydrogen-bond acceptors (Lipinski definition) is 23. The van der Waals surface area contributed by atoms with Crippen LogP contribution >= 0.6 is 24.4 Å². The Hall–Kier alpha value is -11.6. The molecule has 5 aromatic rings. The summed E-state index contributed by atoms with van der Waals surface area (Å²) < 4.78 is 0. The molecule has 538 valence electrons. The van der Waals surface area contributed by atoms with Crippen LogP contribution in [-0.4, -0.2) is 206 Å². The Kier molecular flexibility index (Phi) is 29.0. The fourth-order valence-electron chi connectivity index (χ4n) is 10.3. The van der Waals surface area contributed by atoms with E-state index >= 15 is 0 Å². The highest BCUT2D eigenvalue weighted by Gasteiger charge is 2.37. The number of carbonyl (C=O) groups is 15. The minimum Gasteiger partial charge on any atom is -0.481 e. The first-order valence-electron chi connectivity index (χ1n) is 30.9. The van der Waals surface area contributed by atoms with E-state index in [1.165, 1.54) is 49.1 Å². The van der Waals surface area contributed by atoms with Crippen molar-refractivity contribution >= 4 is 136 Å². The molecule has 0 bridgehead atoms. The van der Waals surface area contributed by atoms with Gasteiger partial charge in [0, 0.05) is 60.2 Å². The third kappa shape index (κ3) is 23.6. The van der Waals surface area contributed by atoms with Crippen LogP contribution in [0.15, 0.2) is 83.8 Å². The maximum Gasteiger partial charge on any atom is 0.327 e. The normalized spacial score (nSPS) is 13.8. The standard InChI is InChI=1S/C63H72N14O22S2/c1-2-38(70-57(92)40(21-49(83)84)69-47(80)16-15-39(61(96)97)71-54(89)29-11-13-31(14-12-29)65-24-32-25-67-53-52(68-32)60(95)77-63(64)76-53)56(91)72-41(22-50(85)86)58(93)73-42(23-51(87)88)59(94)74-43(45(78)19-30(20-48(81)82)55(90)75-44(27-100)62(98)99)26-66-46(79)17-18-101-28-37-35-9-5-3-7-33(35)34-8-4-6-10-36(34)37/h3-14,25,30,37-44,65,100H,2,15-24,26-28H2,1H3,(H,66,79)(H,69,80)(H,70,92)(H,71,89)(H,72,91)(H,73,93)(H,74,94)(H,75,90)(H,81,82)(H,83,84)(H,85,86)(H,87,88)(H,96,97)(H,98,99)(H3,64,67,76,77,95)/t30-,38-,39-,40-,41-,42-,43-,44-/m0/s1. The van der Waals surface area contributed by atoms with Crippen molar-refractivity contribution in [1.29, 1.82) is 0 Å². The summed E-state index contributed by atoms with van der Waals surface area (Å²) in [4.78, 5) is 222. The van der Waals surface area contributed by atoms with Crippen molar-refractivity contribution in [1.82, 2.24) is 62.5 Å². The lowest BCUT2D eigenvalue weighted by molar-refractivity contribution is -0.145. The van der Waals surface area contributed by atoms with E-state index in [2.05, 4.69) is 75.1 Å². The van der Waals surface area contributed by atoms with E-state index < -0.39 is 200 Å². The highest BCUT2D eigenvalue weighted by molar-refractivity contribution is 7.99. The van der Waals surface area contributed by atoms with Gasteiger partial charge in [0.1, 0.15) is 42.3 Å². The Morgan fingerprint density at radius 3 is 1.62 bits per heavy atom. The second kappa shape index (κ2) is 37.4. The van der Waals surface area contributed by atoms with Crippen molar-refractivity contribution in [2.75, 3.05) is 34.9 Å². The summed E-state index contributed by atoms with van der Waals surface area (Å²) in [6, 6.07) is 7.81. The average molecular weight is 1440 g/mol. The zero-order chi connectivity index (χ0) is 74.2. The minimum absolute atomic E-state index is 0.00547. The first-order valence-corrected chi connectivity index (χ1v) is 32.7. The monoisotopic (exact) mass is 1440 g/mol. The molecule has 0 unspecified atom stereocenters. The lowest BCUT2D eigenvalue weighted by Crippen LogP contribution is -2.60. The van der Waals surface area contributed by atoms with Gasteiger partial charge in [-0.1, -0.05) is 55.5 Å². The lowest BCUT2D eigenvalue weighted by atomic mass is 9.94. The average Bonchev–Trinajstić information content (AvgIpc) is 1.62. The van der Waals surface area contributed by atoms with Crippen LogP contribution in [0.25, 0.3) is 22.3 Å². The predicted octanol–water partition coefficient (Wildman–Crippen LogP) is -1.27. The molecule has 8 amide bonds. The first-order chi connectivity index (χ1) is 47.9. The topological polar surface area (TPSA) is 583 Å². The van der Waals surface area contributed by atoms with Crippen molar-refractivity contribution in [2.45, 2.75) is 119 Å². The number of nitrogens with one attached hydrogen (secondary N) is 10. The van der Waals surface area contributed by atoms with Crippen LogP contribution in [0, 0.1) is 5.92 Å².